The van der Waals surface area contributed by atoms with Gasteiger partial charge in [-0.3, -0.25) is 9.59 Å². The fraction of sp³-hybridized carbons (Fsp3) is 0.529. The summed E-state index contributed by atoms with van der Waals surface area (Å²) in [6.45, 7) is 3.82. The van der Waals surface area contributed by atoms with E-state index in [1.165, 1.54) is 12.1 Å². The van der Waals surface area contributed by atoms with Crippen LogP contribution in [0.3, 0.4) is 0 Å². The highest BCUT2D eigenvalue weighted by Gasteiger charge is 2.29. The Morgan fingerprint density at radius 3 is 2.70 bits per heavy atom. The maximum atomic E-state index is 13.7. The van der Waals surface area contributed by atoms with Gasteiger partial charge in [0.1, 0.15) is 11.6 Å². The van der Waals surface area contributed by atoms with Gasteiger partial charge in [-0.25, -0.2) is 4.39 Å². The number of benzene rings is 1. The Kier molecular flexibility index (Phi) is 5.58. The van der Waals surface area contributed by atoms with Gasteiger partial charge in [-0.2, -0.15) is 0 Å². The lowest BCUT2D eigenvalue weighted by Gasteiger charge is -2.29. The van der Waals surface area contributed by atoms with Gasteiger partial charge in [-0.1, -0.05) is 6.42 Å². The molecule has 1 saturated carbocycles. The monoisotopic (exact) mass is 322 g/mol. The summed E-state index contributed by atoms with van der Waals surface area (Å²) in [4.78, 5) is 24.3. The highest BCUT2D eigenvalue weighted by atomic mass is 19.1. The van der Waals surface area contributed by atoms with Gasteiger partial charge in [0.25, 0.3) is 5.91 Å². The third-order valence-electron chi connectivity index (χ3n) is 4.01. The Hall–Kier alpha value is -2.11. The van der Waals surface area contributed by atoms with Gasteiger partial charge in [0.2, 0.25) is 5.91 Å². The first kappa shape index (κ1) is 17.2. The number of nitrogens with one attached hydrogen (secondary N) is 2. The summed E-state index contributed by atoms with van der Waals surface area (Å²) in [7, 11) is 0. The van der Waals surface area contributed by atoms with E-state index >= 15 is 0 Å². The summed E-state index contributed by atoms with van der Waals surface area (Å²) in [5, 5.41) is 14.9. The Morgan fingerprint density at radius 1 is 1.30 bits per heavy atom. The molecule has 0 bridgehead atoms. The molecule has 2 atom stereocenters. The van der Waals surface area contributed by atoms with Gasteiger partial charge in [-0.15, -0.1) is 0 Å². The predicted octanol–water partition coefficient (Wildman–Crippen LogP) is 2.34. The molecule has 6 heteroatoms. The molecule has 0 spiro atoms. The molecule has 2 rings (SSSR count). The Labute approximate surface area is 135 Å². The van der Waals surface area contributed by atoms with Crippen molar-refractivity contribution in [2.45, 2.75) is 51.6 Å². The molecule has 3 N–H and O–H groups in total. The van der Waals surface area contributed by atoms with Crippen LogP contribution in [0.4, 0.5) is 4.39 Å². The second-order valence-corrected chi connectivity index (χ2v) is 6.36. The van der Waals surface area contributed by atoms with Crippen molar-refractivity contribution >= 4 is 11.8 Å². The number of rotatable bonds is 4. The molecule has 23 heavy (non-hydrogen) atoms. The fourth-order valence-electron chi connectivity index (χ4n) is 2.91. The molecule has 1 fully saturated rings. The van der Waals surface area contributed by atoms with Crippen LogP contribution in [0.2, 0.25) is 0 Å². The van der Waals surface area contributed by atoms with E-state index in [0.717, 1.165) is 25.3 Å². The zero-order valence-electron chi connectivity index (χ0n) is 13.4. The van der Waals surface area contributed by atoms with Gasteiger partial charge < -0.3 is 15.7 Å². The molecular weight excluding hydrogens is 299 g/mol. The Bertz CT molecular complexity index is 589. The van der Waals surface area contributed by atoms with Crippen molar-refractivity contribution < 1.29 is 19.1 Å². The molecule has 0 unspecified atom stereocenters. The van der Waals surface area contributed by atoms with E-state index in [1.807, 2.05) is 13.8 Å². The fourth-order valence-corrected chi connectivity index (χ4v) is 2.91. The van der Waals surface area contributed by atoms with Crippen LogP contribution in [0.1, 0.15) is 49.9 Å². The summed E-state index contributed by atoms with van der Waals surface area (Å²) < 4.78 is 13.7. The molecule has 0 aliphatic heterocycles. The first-order valence-electron chi connectivity index (χ1n) is 7.96. The Morgan fingerprint density at radius 2 is 2.04 bits per heavy atom. The van der Waals surface area contributed by atoms with Crippen molar-refractivity contribution in [2.24, 2.45) is 5.92 Å². The minimum atomic E-state index is -0.757. The van der Waals surface area contributed by atoms with Crippen molar-refractivity contribution in [3.8, 4) is 5.75 Å². The maximum absolute atomic E-state index is 13.7. The molecule has 1 aliphatic rings. The molecule has 126 valence electrons. The van der Waals surface area contributed by atoms with E-state index < -0.39 is 11.7 Å². The van der Waals surface area contributed by atoms with E-state index in [2.05, 4.69) is 10.6 Å². The molecule has 2 amide bonds. The van der Waals surface area contributed by atoms with E-state index in [1.54, 1.807) is 0 Å². The van der Waals surface area contributed by atoms with E-state index in [9.17, 15) is 19.1 Å². The van der Waals surface area contributed by atoms with Crippen molar-refractivity contribution in [3.63, 3.8) is 0 Å². The first-order valence-corrected chi connectivity index (χ1v) is 7.96. The lowest BCUT2D eigenvalue weighted by molar-refractivity contribution is -0.126. The van der Waals surface area contributed by atoms with E-state index in [4.69, 9.17) is 0 Å². The quantitative estimate of drug-likeness (QED) is 0.796. The number of halogens is 1. The maximum Gasteiger partial charge on any atom is 0.254 e. The number of hydrogen-bond acceptors (Lipinski definition) is 3. The summed E-state index contributed by atoms with van der Waals surface area (Å²) >= 11 is 0. The normalized spacial score (nSPS) is 21.0. The van der Waals surface area contributed by atoms with Crippen LogP contribution in [0.25, 0.3) is 0 Å². The number of phenolic OH excluding ortho intramolecular Hbond substituents is 1. The number of phenols is 1. The molecule has 0 aromatic heterocycles. The van der Waals surface area contributed by atoms with E-state index in [0.29, 0.717) is 6.42 Å². The van der Waals surface area contributed by atoms with E-state index in [-0.39, 0.29) is 35.2 Å². The van der Waals surface area contributed by atoms with Gasteiger partial charge in [0, 0.05) is 24.1 Å². The standard InChI is InChI=1S/C17H23FN2O3/c1-10(2)19-16(22)11-4-3-5-12(8-11)20-17(23)14-7-6-13(21)9-15(14)18/h6-7,9-12,21H,3-5,8H2,1-2H3,(H,19,22)(H,20,23)/t11-,12-/m0/s1. The number of aromatic hydroxyl groups is 1. The average Bonchev–Trinajstić information content (AvgIpc) is 2.46. The molecule has 1 aromatic carbocycles. The van der Waals surface area contributed by atoms with Crippen LogP contribution < -0.4 is 10.6 Å². The summed E-state index contributed by atoms with van der Waals surface area (Å²) in [6, 6.07) is 3.38. The Balaban J connectivity index is 1.96. The number of carbonyl (C=O) groups is 2. The van der Waals surface area contributed by atoms with Crippen molar-refractivity contribution in [1.82, 2.24) is 10.6 Å². The summed E-state index contributed by atoms with van der Waals surface area (Å²) in [5.74, 6) is -1.61. The molecular formula is C17H23FN2O3. The molecule has 0 heterocycles. The lowest BCUT2D eigenvalue weighted by Crippen LogP contribution is -2.43. The SMILES string of the molecule is CC(C)NC(=O)[C@H]1CCC[C@H](NC(=O)c2ccc(O)cc2F)C1. The highest BCUT2D eigenvalue weighted by Crippen LogP contribution is 2.25. The van der Waals surface area contributed by atoms with Crippen molar-refractivity contribution in [1.29, 1.82) is 0 Å². The van der Waals surface area contributed by atoms with Gasteiger partial charge in [0.05, 0.1) is 5.56 Å². The second kappa shape index (κ2) is 7.44. The zero-order chi connectivity index (χ0) is 17.0. The third kappa shape index (κ3) is 4.68. The van der Waals surface area contributed by atoms with Crippen LogP contribution in [-0.4, -0.2) is 29.0 Å². The second-order valence-electron chi connectivity index (χ2n) is 6.36. The minimum absolute atomic E-state index is 0.00904. The molecule has 1 aliphatic carbocycles. The molecule has 0 saturated heterocycles. The smallest absolute Gasteiger partial charge is 0.254 e. The summed E-state index contributed by atoms with van der Waals surface area (Å²) in [6.07, 6.45) is 2.98. The van der Waals surface area contributed by atoms with Crippen molar-refractivity contribution in [3.05, 3.63) is 29.6 Å². The molecule has 0 radical (unpaired) electrons. The number of hydrogen-bond donors (Lipinski definition) is 3. The summed E-state index contributed by atoms with van der Waals surface area (Å²) in [5.41, 5.74) is -0.100. The number of carbonyl (C=O) groups excluding carboxylic acids is 2. The van der Waals surface area contributed by atoms with Gasteiger partial charge >= 0.3 is 0 Å². The third-order valence-corrected chi connectivity index (χ3v) is 4.01. The zero-order valence-corrected chi connectivity index (χ0v) is 13.4. The van der Waals surface area contributed by atoms with Gasteiger partial charge in [-0.05, 0) is 45.2 Å². The van der Waals surface area contributed by atoms with Crippen LogP contribution in [0, 0.1) is 11.7 Å². The van der Waals surface area contributed by atoms with Crippen LogP contribution in [-0.2, 0) is 4.79 Å². The topological polar surface area (TPSA) is 78.4 Å². The highest BCUT2D eigenvalue weighted by molar-refractivity contribution is 5.94. The number of amides is 2. The molecule has 1 aromatic rings. The van der Waals surface area contributed by atoms with Crippen LogP contribution >= 0.6 is 0 Å². The predicted molar refractivity (Wildman–Crippen MR) is 84.6 cm³/mol. The van der Waals surface area contributed by atoms with Crippen LogP contribution in [0.5, 0.6) is 5.75 Å². The lowest BCUT2D eigenvalue weighted by atomic mass is 9.85. The minimum Gasteiger partial charge on any atom is -0.508 e. The largest absolute Gasteiger partial charge is 0.508 e. The van der Waals surface area contributed by atoms with Crippen LogP contribution in [0.15, 0.2) is 18.2 Å². The first-order chi connectivity index (χ1) is 10.9. The van der Waals surface area contributed by atoms with Gasteiger partial charge in [0.15, 0.2) is 0 Å². The molecule has 5 nitrogen and oxygen atoms in total. The average molecular weight is 322 g/mol. The van der Waals surface area contributed by atoms with Crippen molar-refractivity contribution in [2.75, 3.05) is 0 Å².